The Morgan fingerprint density at radius 3 is 2.68 bits per heavy atom. The lowest BCUT2D eigenvalue weighted by Crippen LogP contribution is -2.26. The Balaban J connectivity index is 2.19. The van der Waals surface area contributed by atoms with Crippen LogP contribution in [-0.2, 0) is 16.0 Å². The fourth-order valence-corrected chi connectivity index (χ4v) is 3.99. The van der Waals surface area contributed by atoms with Gasteiger partial charge in [0.15, 0.2) is 6.10 Å². The molecule has 1 heterocycles. The highest BCUT2D eigenvalue weighted by Gasteiger charge is 2.25. The molecule has 1 aromatic heterocycles. The number of nitro benzene ring substituents is 1. The van der Waals surface area contributed by atoms with Gasteiger partial charge in [-0.05, 0) is 37.6 Å². The first-order chi connectivity index (χ1) is 16.2. The van der Waals surface area contributed by atoms with Crippen molar-refractivity contribution >= 4 is 60.6 Å². The van der Waals surface area contributed by atoms with Gasteiger partial charge in [0.25, 0.3) is 5.56 Å². The van der Waals surface area contributed by atoms with E-state index in [2.05, 4.69) is 46.7 Å². The first-order valence-corrected chi connectivity index (χ1v) is 11.7. The summed E-state index contributed by atoms with van der Waals surface area (Å²) in [5, 5.41) is 16.3. The highest BCUT2D eigenvalue weighted by atomic mass is 79.9. The monoisotopic (exact) mass is 594 g/mol. The first kappa shape index (κ1) is 25.5. The van der Waals surface area contributed by atoms with Gasteiger partial charge in [-0.2, -0.15) is 9.78 Å². The number of benzene rings is 2. The molecule has 1 atom stereocenters. The van der Waals surface area contributed by atoms with Gasteiger partial charge in [-0.1, -0.05) is 38.8 Å². The number of aromatic nitrogens is 2. The summed E-state index contributed by atoms with van der Waals surface area (Å²) in [4.78, 5) is 40.7. The Morgan fingerprint density at radius 1 is 1.29 bits per heavy atom. The summed E-state index contributed by atoms with van der Waals surface area (Å²) in [5.74, 6) is -0.448. The molecule has 0 fully saturated rings. The Morgan fingerprint density at radius 2 is 2.03 bits per heavy atom. The summed E-state index contributed by atoms with van der Waals surface area (Å²) in [5.41, 5.74) is -0.0493. The normalized spacial score (nSPS) is 12.1. The van der Waals surface area contributed by atoms with E-state index in [0.717, 1.165) is 6.42 Å². The summed E-state index contributed by atoms with van der Waals surface area (Å²) >= 11 is 6.60. The molecule has 34 heavy (non-hydrogen) atoms. The molecule has 3 aromatic rings. The van der Waals surface area contributed by atoms with Crippen molar-refractivity contribution in [3.05, 3.63) is 71.1 Å². The third-order valence-corrected chi connectivity index (χ3v) is 5.70. The summed E-state index contributed by atoms with van der Waals surface area (Å²) in [6.07, 6.45) is 1.36. The molecule has 178 valence electrons. The van der Waals surface area contributed by atoms with Gasteiger partial charge in [0.2, 0.25) is 5.75 Å². The predicted molar refractivity (Wildman–Crippen MR) is 134 cm³/mol. The van der Waals surface area contributed by atoms with Crippen LogP contribution in [0.2, 0.25) is 0 Å². The highest BCUT2D eigenvalue weighted by molar-refractivity contribution is 9.10. The van der Waals surface area contributed by atoms with E-state index in [-0.39, 0.29) is 22.6 Å². The number of halogens is 2. The molecule has 0 saturated heterocycles. The van der Waals surface area contributed by atoms with Crippen molar-refractivity contribution in [3.63, 3.8) is 0 Å². The number of nitrogens with zero attached hydrogens (tertiary/aromatic N) is 4. The average molecular weight is 596 g/mol. The second-order valence-electron chi connectivity index (χ2n) is 7.18. The van der Waals surface area contributed by atoms with E-state index < -0.39 is 17.0 Å². The quantitative estimate of drug-likeness (QED) is 0.161. The second kappa shape index (κ2) is 10.9. The fraction of sp³-hybridized carbons (Fsp3) is 0.273. The van der Waals surface area contributed by atoms with E-state index in [1.54, 1.807) is 18.2 Å². The van der Waals surface area contributed by atoms with Gasteiger partial charge in [0.05, 0.1) is 29.2 Å². The maximum Gasteiger partial charge on any atom is 0.346 e. The standard InChI is InChI=1S/C22H20Br2N4O6/c1-4-5-19-26-17-7-6-14(23)9-16(17)21(29)27(19)25-11-13-8-15(24)10-18(28(31)32)20(13)34-12(2)22(30)33-3/h6-12H,4-5H2,1-3H3/t12-/m0/s1. The Bertz CT molecular complexity index is 1360. The highest BCUT2D eigenvalue weighted by Crippen LogP contribution is 2.34. The van der Waals surface area contributed by atoms with Gasteiger partial charge in [-0.15, -0.1) is 0 Å². The van der Waals surface area contributed by atoms with E-state index in [9.17, 15) is 19.7 Å². The van der Waals surface area contributed by atoms with Crippen LogP contribution in [0.1, 0.15) is 31.7 Å². The smallest absolute Gasteiger partial charge is 0.346 e. The number of esters is 1. The number of carbonyl (C=O) groups excluding carboxylic acids is 1. The number of carbonyl (C=O) groups is 1. The van der Waals surface area contributed by atoms with Gasteiger partial charge < -0.3 is 9.47 Å². The van der Waals surface area contributed by atoms with Crippen LogP contribution in [0.3, 0.4) is 0 Å². The molecule has 12 heteroatoms. The van der Waals surface area contributed by atoms with Crippen LogP contribution in [0.4, 0.5) is 5.69 Å². The molecule has 0 N–H and O–H groups in total. The zero-order chi connectivity index (χ0) is 25.0. The molecule has 0 aliphatic rings. The molecule has 0 amide bonds. The number of hydrogen-bond acceptors (Lipinski definition) is 8. The van der Waals surface area contributed by atoms with E-state index in [4.69, 9.17) is 4.74 Å². The Hall–Kier alpha value is -3.12. The molecular formula is C22H20Br2N4O6. The Labute approximate surface area is 211 Å². The van der Waals surface area contributed by atoms with Crippen molar-refractivity contribution in [1.29, 1.82) is 0 Å². The van der Waals surface area contributed by atoms with Crippen LogP contribution in [0.25, 0.3) is 10.9 Å². The van der Waals surface area contributed by atoms with Gasteiger partial charge in [0, 0.05) is 27.0 Å². The molecule has 0 unspecified atom stereocenters. The number of nitro groups is 1. The largest absolute Gasteiger partial charge is 0.471 e. The van der Waals surface area contributed by atoms with Gasteiger partial charge in [-0.3, -0.25) is 14.9 Å². The molecule has 0 saturated carbocycles. The van der Waals surface area contributed by atoms with Crippen LogP contribution in [0.5, 0.6) is 5.75 Å². The van der Waals surface area contributed by atoms with Crippen LogP contribution < -0.4 is 10.3 Å². The summed E-state index contributed by atoms with van der Waals surface area (Å²) in [6.45, 7) is 3.36. The van der Waals surface area contributed by atoms with Crippen molar-refractivity contribution in [3.8, 4) is 5.75 Å². The van der Waals surface area contributed by atoms with Gasteiger partial charge in [0.1, 0.15) is 5.82 Å². The minimum Gasteiger partial charge on any atom is -0.471 e. The molecular weight excluding hydrogens is 576 g/mol. The number of rotatable bonds is 8. The SMILES string of the molecule is CCCc1nc2ccc(Br)cc2c(=O)n1N=Cc1cc(Br)cc([N+](=O)[O-])c1O[C@@H](C)C(=O)OC. The molecule has 0 aliphatic carbocycles. The average Bonchev–Trinajstić information content (AvgIpc) is 2.80. The van der Waals surface area contributed by atoms with E-state index in [1.165, 1.54) is 37.1 Å². The van der Waals surface area contributed by atoms with Crippen LogP contribution in [-0.4, -0.2) is 40.0 Å². The van der Waals surface area contributed by atoms with Crippen LogP contribution in [0.15, 0.2) is 49.2 Å². The molecule has 2 aromatic carbocycles. The molecule has 0 spiro atoms. The van der Waals surface area contributed by atoms with Crippen molar-refractivity contribution < 1.29 is 19.2 Å². The van der Waals surface area contributed by atoms with Crippen molar-refractivity contribution in [1.82, 2.24) is 9.66 Å². The predicted octanol–water partition coefficient (Wildman–Crippen LogP) is 4.60. The van der Waals surface area contributed by atoms with Gasteiger partial charge in [-0.25, -0.2) is 9.78 Å². The molecule has 0 aliphatic heterocycles. The fourth-order valence-electron chi connectivity index (χ4n) is 3.17. The number of fused-ring (bicyclic) bond motifs is 1. The maximum atomic E-state index is 13.2. The lowest BCUT2D eigenvalue weighted by Gasteiger charge is -2.15. The van der Waals surface area contributed by atoms with E-state index >= 15 is 0 Å². The molecule has 0 bridgehead atoms. The Kier molecular flexibility index (Phi) is 8.15. The summed E-state index contributed by atoms with van der Waals surface area (Å²) in [7, 11) is 1.19. The van der Waals surface area contributed by atoms with E-state index in [0.29, 0.717) is 32.1 Å². The zero-order valence-corrected chi connectivity index (χ0v) is 21.6. The van der Waals surface area contributed by atoms with Crippen molar-refractivity contribution in [2.75, 3.05) is 7.11 Å². The lowest BCUT2D eigenvalue weighted by atomic mass is 10.2. The third kappa shape index (κ3) is 5.50. The first-order valence-electron chi connectivity index (χ1n) is 10.1. The van der Waals surface area contributed by atoms with Crippen molar-refractivity contribution in [2.24, 2.45) is 5.10 Å². The summed E-state index contributed by atoms with van der Waals surface area (Å²) < 4.78 is 12.5. The zero-order valence-electron chi connectivity index (χ0n) is 18.4. The van der Waals surface area contributed by atoms with E-state index in [1.807, 2.05) is 6.92 Å². The minimum atomic E-state index is -1.12. The topological polar surface area (TPSA) is 126 Å². The van der Waals surface area contributed by atoms with Crippen LogP contribution in [0, 0.1) is 10.1 Å². The number of methoxy groups -OCH3 is 1. The lowest BCUT2D eigenvalue weighted by molar-refractivity contribution is -0.386. The molecule has 0 radical (unpaired) electrons. The maximum absolute atomic E-state index is 13.2. The van der Waals surface area contributed by atoms with Gasteiger partial charge >= 0.3 is 11.7 Å². The minimum absolute atomic E-state index is 0.181. The molecule has 10 nitrogen and oxygen atoms in total. The molecule has 3 rings (SSSR count). The number of aryl methyl sites for hydroxylation is 1. The number of hydrogen-bond donors (Lipinski definition) is 0. The second-order valence-corrected chi connectivity index (χ2v) is 9.02. The third-order valence-electron chi connectivity index (χ3n) is 4.75. The van der Waals surface area contributed by atoms with Crippen molar-refractivity contribution in [2.45, 2.75) is 32.8 Å². The number of ether oxygens (including phenoxy) is 2. The van der Waals surface area contributed by atoms with Crippen LogP contribution >= 0.6 is 31.9 Å². The summed E-state index contributed by atoms with van der Waals surface area (Å²) in [6, 6.07) is 7.98.